The predicted octanol–water partition coefficient (Wildman–Crippen LogP) is 4.23. The first-order valence-electron chi connectivity index (χ1n) is 7.67. The number of amides is 1. The average Bonchev–Trinajstić information content (AvgIpc) is 2.59. The number of hydrogen-bond donors (Lipinski definition) is 1. The van der Waals surface area contributed by atoms with Crippen LogP contribution in [-0.2, 0) is 20.5 Å². The lowest BCUT2D eigenvalue weighted by molar-refractivity contribution is -0.149. The predicted molar refractivity (Wildman–Crippen MR) is 92.7 cm³/mol. The molecule has 0 aliphatic rings. The van der Waals surface area contributed by atoms with Crippen molar-refractivity contribution in [3.8, 4) is 5.75 Å². The number of esters is 1. The highest BCUT2D eigenvalue weighted by Gasteiger charge is 2.31. The third-order valence-corrected chi connectivity index (χ3v) is 3.61. The van der Waals surface area contributed by atoms with Gasteiger partial charge in [-0.15, -0.1) is 0 Å². The van der Waals surface area contributed by atoms with Gasteiger partial charge in [-0.1, -0.05) is 23.7 Å². The molecule has 0 unspecified atom stereocenters. The van der Waals surface area contributed by atoms with Crippen LogP contribution < -0.4 is 10.1 Å². The topological polar surface area (TPSA) is 64.6 Å². The molecule has 0 fully saturated rings. The van der Waals surface area contributed by atoms with E-state index in [2.05, 4.69) is 5.32 Å². The molecule has 0 saturated carbocycles. The van der Waals surface area contributed by atoms with E-state index in [4.69, 9.17) is 21.1 Å². The molecule has 2 aromatic carbocycles. The first-order valence-corrected chi connectivity index (χ1v) is 8.04. The van der Waals surface area contributed by atoms with Crippen LogP contribution in [0.2, 0.25) is 5.02 Å². The highest BCUT2D eigenvalue weighted by Crippen LogP contribution is 2.33. The second kappa shape index (κ2) is 8.77. The zero-order chi connectivity index (χ0) is 20.0. The Hall–Kier alpha value is -2.74. The van der Waals surface area contributed by atoms with Gasteiger partial charge in [-0.05, 0) is 42.8 Å². The van der Waals surface area contributed by atoms with E-state index in [0.717, 1.165) is 17.7 Å². The summed E-state index contributed by atoms with van der Waals surface area (Å²) in [7, 11) is 0. The molecule has 0 aliphatic heterocycles. The Morgan fingerprint density at radius 3 is 2.52 bits per heavy atom. The lowest BCUT2D eigenvalue weighted by Gasteiger charge is -2.12. The van der Waals surface area contributed by atoms with Crippen LogP contribution in [0.15, 0.2) is 42.5 Å². The van der Waals surface area contributed by atoms with Crippen LogP contribution in [-0.4, -0.2) is 25.1 Å². The molecule has 0 bridgehead atoms. The monoisotopic (exact) mass is 401 g/mol. The molecule has 0 saturated heterocycles. The second-order valence-corrected chi connectivity index (χ2v) is 5.91. The van der Waals surface area contributed by atoms with E-state index in [0.29, 0.717) is 11.8 Å². The van der Waals surface area contributed by atoms with Gasteiger partial charge in [-0.2, -0.15) is 13.2 Å². The minimum Gasteiger partial charge on any atom is -0.482 e. The summed E-state index contributed by atoms with van der Waals surface area (Å²) in [5.41, 5.74) is -0.257. The summed E-state index contributed by atoms with van der Waals surface area (Å²) in [4.78, 5) is 23.4. The molecule has 5 nitrogen and oxygen atoms in total. The summed E-state index contributed by atoms with van der Waals surface area (Å²) in [5.74, 6) is -1.17. The largest absolute Gasteiger partial charge is 0.482 e. The number of carbonyl (C=O) groups is 2. The Bertz CT molecular complexity index is 840. The minimum absolute atomic E-state index is 0.0783. The van der Waals surface area contributed by atoms with Crippen molar-refractivity contribution in [3.63, 3.8) is 0 Å². The summed E-state index contributed by atoms with van der Waals surface area (Å²) in [6, 6.07) is 9.49. The Kier molecular flexibility index (Phi) is 6.68. The average molecular weight is 402 g/mol. The molecule has 0 aliphatic carbocycles. The third-order valence-electron chi connectivity index (χ3n) is 3.28. The van der Waals surface area contributed by atoms with Crippen molar-refractivity contribution >= 4 is 29.2 Å². The van der Waals surface area contributed by atoms with Crippen molar-refractivity contribution in [2.45, 2.75) is 13.1 Å². The van der Waals surface area contributed by atoms with Crippen molar-refractivity contribution < 1.29 is 32.2 Å². The van der Waals surface area contributed by atoms with Crippen LogP contribution in [0.1, 0.15) is 11.1 Å². The lowest BCUT2D eigenvalue weighted by Crippen LogP contribution is -2.24. The van der Waals surface area contributed by atoms with Crippen molar-refractivity contribution in [2.24, 2.45) is 0 Å². The fraction of sp³-hybridized carbons (Fsp3) is 0.222. The molecule has 2 aromatic rings. The van der Waals surface area contributed by atoms with Gasteiger partial charge in [0.05, 0.1) is 16.3 Å². The van der Waals surface area contributed by atoms with Gasteiger partial charge in [0.25, 0.3) is 5.91 Å². The van der Waals surface area contributed by atoms with Gasteiger partial charge in [-0.3, -0.25) is 4.79 Å². The van der Waals surface area contributed by atoms with Gasteiger partial charge >= 0.3 is 12.1 Å². The SMILES string of the molecule is Cc1cccc(OCC(=O)OCC(=O)Nc2cc(C(F)(F)F)ccc2Cl)c1. The second-order valence-electron chi connectivity index (χ2n) is 5.51. The van der Waals surface area contributed by atoms with Crippen molar-refractivity contribution in [2.75, 3.05) is 18.5 Å². The van der Waals surface area contributed by atoms with E-state index in [1.165, 1.54) is 0 Å². The number of benzene rings is 2. The standard InChI is InChI=1S/C18H15ClF3NO4/c1-11-3-2-4-13(7-11)26-10-17(25)27-9-16(24)23-15-8-12(18(20,21)22)5-6-14(15)19/h2-8H,9-10H2,1H3,(H,23,24). The van der Waals surface area contributed by atoms with Gasteiger partial charge in [0.1, 0.15) is 5.75 Å². The fourth-order valence-electron chi connectivity index (χ4n) is 2.02. The quantitative estimate of drug-likeness (QED) is 0.736. The molecule has 0 heterocycles. The number of halogens is 4. The molecule has 9 heteroatoms. The highest BCUT2D eigenvalue weighted by atomic mass is 35.5. The Balaban J connectivity index is 1.84. The number of aryl methyl sites for hydroxylation is 1. The summed E-state index contributed by atoms with van der Waals surface area (Å²) >= 11 is 5.77. The lowest BCUT2D eigenvalue weighted by atomic mass is 10.2. The maximum atomic E-state index is 12.7. The van der Waals surface area contributed by atoms with Crippen molar-refractivity contribution in [1.82, 2.24) is 0 Å². The van der Waals surface area contributed by atoms with Gasteiger partial charge in [0.15, 0.2) is 13.2 Å². The summed E-state index contributed by atoms with van der Waals surface area (Å²) in [5, 5.41) is 2.09. The molecular formula is C18H15ClF3NO4. The number of alkyl halides is 3. The van der Waals surface area contributed by atoms with Crippen LogP contribution in [0.3, 0.4) is 0 Å². The Morgan fingerprint density at radius 1 is 1.11 bits per heavy atom. The van der Waals surface area contributed by atoms with Crippen molar-refractivity contribution in [3.05, 3.63) is 58.6 Å². The number of carbonyl (C=O) groups excluding carboxylic acids is 2. The Labute approximate surface area is 158 Å². The summed E-state index contributed by atoms with van der Waals surface area (Å²) in [6.45, 7) is 0.748. The third kappa shape index (κ3) is 6.49. The first-order chi connectivity index (χ1) is 12.6. The van der Waals surface area contributed by atoms with Gasteiger partial charge in [0, 0.05) is 0 Å². The zero-order valence-electron chi connectivity index (χ0n) is 14.1. The van der Waals surface area contributed by atoms with Gasteiger partial charge in [0.2, 0.25) is 0 Å². The molecule has 144 valence electrons. The molecule has 0 radical (unpaired) electrons. The molecule has 2 rings (SSSR count). The Morgan fingerprint density at radius 2 is 1.85 bits per heavy atom. The fourth-order valence-corrected chi connectivity index (χ4v) is 2.18. The van der Waals surface area contributed by atoms with Gasteiger partial charge < -0.3 is 14.8 Å². The number of anilines is 1. The number of nitrogens with one attached hydrogen (secondary N) is 1. The van der Waals surface area contributed by atoms with Crippen molar-refractivity contribution in [1.29, 1.82) is 0 Å². The number of hydrogen-bond acceptors (Lipinski definition) is 4. The van der Waals surface area contributed by atoms with E-state index in [9.17, 15) is 22.8 Å². The van der Waals surface area contributed by atoms with E-state index < -0.39 is 36.8 Å². The molecule has 0 spiro atoms. The number of rotatable bonds is 6. The maximum absolute atomic E-state index is 12.7. The molecular weight excluding hydrogens is 387 g/mol. The van der Waals surface area contributed by atoms with E-state index in [1.54, 1.807) is 18.2 Å². The zero-order valence-corrected chi connectivity index (χ0v) is 14.9. The number of ether oxygens (including phenoxy) is 2. The summed E-state index contributed by atoms with van der Waals surface area (Å²) in [6.07, 6.45) is -4.58. The smallest absolute Gasteiger partial charge is 0.416 e. The van der Waals surface area contributed by atoms with E-state index in [1.807, 2.05) is 13.0 Å². The molecule has 0 atom stereocenters. The first kappa shape index (κ1) is 20.6. The van der Waals surface area contributed by atoms with Crippen LogP contribution >= 0.6 is 11.6 Å². The van der Waals surface area contributed by atoms with Crippen LogP contribution in [0.5, 0.6) is 5.75 Å². The maximum Gasteiger partial charge on any atom is 0.416 e. The normalized spacial score (nSPS) is 11.0. The van der Waals surface area contributed by atoms with Crippen LogP contribution in [0, 0.1) is 6.92 Å². The summed E-state index contributed by atoms with van der Waals surface area (Å²) < 4.78 is 48.0. The molecule has 1 amide bonds. The van der Waals surface area contributed by atoms with Crippen LogP contribution in [0.4, 0.5) is 18.9 Å². The van der Waals surface area contributed by atoms with E-state index in [-0.39, 0.29) is 10.7 Å². The minimum atomic E-state index is -4.58. The highest BCUT2D eigenvalue weighted by molar-refractivity contribution is 6.33. The van der Waals surface area contributed by atoms with Gasteiger partial charge in [-0.25, -0.2) is 4.79 Å². The van der Waals surface area contributed by atoms with E-state index >= 15 is 0 Å². The van der Waals surface area contributed by atoms with Crippen LogP contribution in [0.25, 0.3) is 0 Å². The molecule has 1 N–H and O–H groups in total. The molecule has 27 heavy (non-hydrogen) atoms. The molecule has 0 aromatic heterocycles.